The Bertz CT molecular complexity index is 1630. The van der Waals surface area contributed by atoms with Gasteiger partial charge in [0.15, 0.2) is 0 Å². The first-order valence-electron chi connectivity index (χ1n) is 14.1. The maximum atomic E-state index is 13.7. The Morgan fingerprint density at radius 3 is 2.27 bits per heavy atom. The summed E-state index contributed by atoms with van der Waals surface area (Å²) in [5.74, 6) is -2.27. The molecule has 3 aliphatic heterocycles. The highest BCUT2D eigenvalue weighted by Crippen LogP contribution is 2.35. The van der Waals surface area contributed by atoms with Crippen LogP contribution in [0.15, 0.2) is 40.7 Å². The third-order valence-corrected chi connectivity index (χ3v) is 10.00. The Kier molecular flexibility index (Phi) is 8.46. The van der Waals surface area contributed by atoms with Crippen molar-refractivity contribution in [3.05, 3.63) is 74.9 Å². The van der Waals surface area contributed by atoms with Crippen LogP contribution in [0.25, 0.3) is 6.08 Å². The van der Waals surface area contributed by atoms with E-state index < -0.39 is 45.1 Å². The molecule has 2 N–H and O–H groups in total. The van der Waals surface area contributed by atoms with Crippen LogP contribution in [0, 0.1) is 19.7 Å². The first-order valence-corrected chi connectivity index (χ1v) is 15.7. The number of carbonyl (C=O) groups is 2. The number of aliphatic imine (C=N–C) groups is 1. The van der Waals surface area contributed by atoms with Crippen LogP contribution in [-0.4, -0.2) is 78.2 Å². The quantitative estimate of drug-likeness (QED) is 0.485. The molecule has 0 bridgehead atoms. The highest BCUT2D eigenvalue weighted by Gasteiger charge is 2.47. The molecule has 0 aliphatic carbocycles. The lowest BCUT2D eigenvalue weighted by atomic mass is 9.89. The fourth-order valence-corrected chi connectivity index (χ4v) is 7.02. The highest BCUT2D eigenvalue weighted by molar-refractivity contribution is 7.92. The molecule has 3 heterocycles. The molecule has 2 aromatic rings. The van der Waals surface area contributed by atoms with Crippen molar-refractivity contribution in [2.75, 3.05) is 26.2 Å². The number of piperidine rings is 2. The normalized spacial score (nSPS) is 19.9. The zero-order chi connectivity index (χ0) is 32.0. The molecule has 14 heteroatoms. The van der Waals surface area contributed by atoms with Gasteiger partial charge in [-0.2, -0.15) is 17.5 Å². The number of hydrogen-bond acceptors (Lipinski definition) is 6. The molecule has 44 heavy (non-hydrogen) atoms. The minimum atomic E-state index is -4.93. The molecular weight excluding hydrogens is 604 g/mol. The van der Waals surface area contributed by atoms with Gasteiger partial charge in [0, 0.05) is 42.7 Å². The van der Waals surface area contributed by atoms with E-state index in [0.717, 1.165) is 11.5 Å². The van der Waals surface area contributed by atoms with Gasteiger partial charge in [-0.25, -0.2) is 12.8 Å². The summed E-state index contributed by atoms with van der Waals surface area (Å²) in [5, 5.41) is 13.3. The molecule has 2 amide bonds. The number of nitrogens with zero attached hydrogens (tertiary/aromatic N) is 3. The summed E-state index contributed by atoms with van der Waals surface area (Å²) in [6.45, 7) is 4.40. The van der Waals surface area contributed by atoms with Crippen molar-refractivity contribution < 1.29 is 40.7 Å². The summed E-state index contributed by atoms with van der Waals surface area (Å²) >= 11 is 0. The standard InChI is InChI=1S/C30H32F4N4O5S/c1-18-15-21(27(40)37-10-5-22(39)6-11-37)16-19(2)23(18)7-14-44(42,43)38-12-8-29(9-13-38)28(41)35-26(36-29)20-3-4-25(31)24(17-20)30(32,33)34/h3-4,7,14-17,22,39H,5-6,8-13H2,1-2H3,(H,35,36,41)/b14-7+. The van der Waals surface area contributed by atoms with Gasteiger partial charge in [-0.3, -0.25) is 14.6 Å². The number of hydrogen-bond donors (Lipinski definition) is 2. The zero-order valence-corrected chi connectivity index (χ0v) is 24.9. The van der Waals surface area contributed by atoms with Crippen LogP contribution in [0.4, 0.5) is 17.6 Å². The lowest BCUT2D eigenvalue weighted by molar-refractivity contribution is -0.140. The van der Waals surface area contributed by atoms with E-state index in [0.29, 0.717) is 60.3 Å². The van der Waals surface area contributed by atoms with Crippen LogP contribution in [0.2, 0.25) is 0 Å². The number of sulfonamides is 1. The molecule has 0 unspecified atom stereocenters. The Morgan fingerprint density at radius 2 is 1.68 bits per heavy atom. The summed E-state index contributed by atoms with van der Waals surface area (Å²) < 4.78 is 80.9. The predicted octanol–water partition coefficient (Wildman–Crippen LogP) is 3.77. The zero-order valence-electron chi connectivity index (χ0n) is 24.1. The van der Waals surface area contributed by atoms with Crippen molar-refractivity contribution in [3.63, 3.8) is 0 Å². The van der Waals surface area contributed by atoms with Gasteiger partial charge in [-0.1, -0.05) is 0 Å². The molecule has 236 valence electrons. The van der Waals surface area contributed by atoms with Gasteiger partial charge in [0.1, 0.15) is 17.2 Å². The summed E-state index contributed by atoms with van der Waals surface area (Å²) in [7, 11) is -3.91. The molecule has 0 saturated carbocycles. The maximum Gasteiger partial charge on any atom is 0.419 e. The fraction of sp³-hybridized carbons (Fsp3) is 0.433. The van der Waals surface area contributed by atoms with Gasteiger partial charge in [-0.15, -0.1) is 0 Å². The molecule has 2 aromatic carbocycles. The van der Waals surface area contributed by atoms with Crippen molar-refractivity contribution >= 4 is 33.7 Å². The minimum absolute atomic E-state index is 0.00508. The highest BCUT2D eigenvalue weighted by atomic mass is 32.2. The number of likely N-dealkylation sites (tertiary alicyclic amines) is 1. The third kappa shape index (κ3) is 6.28. The Labute approximate surface area is 252 Å². The van der Waals surface area contributed by atoms with Crippen LogP contribution >= 0.6 is 0 Å². The Hall–Kier alpha value is -3.62. The molecule has 9 nitrogen and oxygen atoms in total. The van der Waals surface area contributed by atoms with Gasteiger partial charge in [-0.05, 0) is 92.6 Å². The number of amides is 2. The van der Waals surface area contributed by atoms with E-state index in [-0.39, 0.29) is 43.2 Å². The number of rotatable bonds is 5. The van der Waals surface area contributed by atoms with E-state index in [1.54, 1.807) is 30.9 Å². The molecule has 2 fully saturated rings. The summed E-state index contributed by atoms with van der Waals surface area (Å²) in [4.78, 5) is 31.9. The van der Waals surface area contributed by atoms with Crippen LogP contribution in [0.3, 0.4) is 0 Å². The number of aryl methyl sites for hydroxylation is 2. The molecular formula is C30H32F4N4O5S. The molecule has 0 aromatic heterocycles. The maximum absolute atomic E-state index is 13.7. The molecule has 1 spiro atoms. The van der Waals surface area contributed by atoms with E-state index in [1.807, 2.05) is 0 Å². The lowest BCUT2D eigenvalue weighted by Gasteiger charge is -2.34. The second-order valence-electron chi connectivity index (χ2n) is 11.4. The molecule has 0 atom stereocenters. The second kappa shape index (κ2) is 11.7. The smallest absolute Gasteiger partial charge is 0.393 e. The van der Waals surface area contributed by atoms with Gasteiger partial charge < -0.3 is 15.3 Å². The van der Waals surface area contributed by atoms with Gasteiger partial charge >= 0.3 is 6.18 Å². The lowest BCUT2D eigenvalue weighted by Crippen LogP contribution is -2.50. The third-order valence-electron chi connectivity index (χ3n) is 8.43. The largest absolute Gasteiger partial charge is 0.419 e. The number of aliphatic hydroxyl groups is 1. The second-order valence-corrected chi connectivity index (χ2v) is 13.3. The Balaban J connectivity index is 1.28. The first-order chi connectivity index (χ1) is 20.6. The van der Waals surface area contributed by atoms with Crippen LogP contribution in [0.5, 0.6) is 0 Å². The number of alkyl halides is 3. The summed E-state index contributed by atoms with van der Waals surface area (Å²) in [6.07, 6.45) is -2.80. The average molecular weight is 637 g/mol. The van der Waals surface area contributed by atoms with Crippen molar-refractivity contribution in [3.8, 4) is 0 Å². The minimum Gasteiger partial charge on any atom is -0.393 e. The molecule has 2 saturated heterocycles. The van der Waals surface area contributed by atoms with Gasteiger partial charge in [0.2, 0.25) is 10.0 Å². The predicted molar refractivity (Wildman–Crippen MR) is 155 cm³/mol. The number of halogens is 4. The van der Waals surface area contributed by atoms with Crippen LogP contribution in [0.1, 0.15) is 63.9 Å². The van der Waals surface area contributed by atoms with E-state index in [2.05, 4.69) is 10.3 Å². The monoisotopic (exact) mass is 636 g/mol. The number of amidine groups is 1. The van der Waals surface area contributed by atoms with Crippen molar-refractivity contribution in [2.24, 2.45) is 4.99 Å². The SMILES string of the molecule is Cc1cc(C(=O)N2CCC(O)CC2)cc(C)c1/C=C/S(=O)(=O)N1CCC2(CC1)N=C(c1ccc(F)c(C(F)(F)F)c1)NC2=O. The van der Waals surface area contributed by atoms with E-state index in [1.165, 1.54) is 10.4 Å². The van der Waals surface area contributed by atoms with Crippen LogP contribution < -0.4 is 5.32 Å². The van der Waals surface area contributed by atoms with Crippen molar-refractivity contribution in [1.82, 2.24) is 14.5 Å². The van der Waals surface area contributed by atoms with E-state index in [4.69, 9.17) is 0 Å². The van der Waals surface area contributed by atoms with Gasteiger partial charge in [0.05, 0.1) is 11.7 Å². The van der Waals surface area contributed by atoms with Crippen molar-refractivity contribution in [1.29, 1.82) is 0 Å². The number of aliphatic hydroxyl groups excluding tert-OH is 1. The molecule has 0 radical (unpaired) electrons. The average Bonchev–Trinajstić information content (AvgIpc) is 3.27. The number of benzene rings is 2. The fourth-order valence-electron chi connectivity index (χ4n) is 5.85. The Morgan fingerprint density at radius 1 is 1.07 bits per heavy atom. The first kappa shape index (κ1) is 31.8. The topological polar surface area (TPSA) is 119 Å². The van der Waals surface area contributed by atoms with Gasteiger partial charge in [0.25, 0.3) is 11.8 Å². The van der Waals surface area contributed by atoms with E-state index >= 15 is 0 Å². The number of nitrogens with one attached hydrogen (secondary N) is 1. The molecule has 5 rings (SSSR count). The van der Waals surface area contributed by atoms with E-state index in [9.17, 15) is 40.7 Å². The summed E-state index contributed by atoms with van der Waals surface area (Å²) in [5.41, 5.74) is -0.357. The summed E-state index contributed by atoms with van der Waals surface area (Å²) in [6, 6.07) is 5.77. The molecule has 3 aliphatic rings. The van der Waals surface area contributed by atoms with Crippen molar-refractivity contribution in [2.45, 2.75) is 57.3 Å². The number of carbonyl (C=O) groups excluding carboxylic acids is 2. The van der Waals surface area contributed by atoms with Crippen LogP contribution in [-0.2, 0) is 21.0 Å².